The van der Waals surface area contributed by atoms with Crippen LogP contribution in [0, 0.1) is 0 Å². The molecule has 0 saturated carbocycles. The minimum atomic E-state index is -0.175. The maximum absolute atomic E-state index is 6.19. The Morgan fingerprint density at radius 2 is 2.04 bits per heavy atom. The van der Waals surface area contributed by atoms with E-state index in [9.17, 15) is 0 Å². The molecule has 1 heterocycles. The fraction of sp³-hybridized carbons (Fsp3) is 0.333. The van der Waals surface area contributed by atoms with Gasteiger partial charge in [0.25, 0.3) is 0 Å². The molecule has 9 heteroatoms. The molecule has 1 unspecified atom stereocenters. The van der Waals surface area contributed by atoms with Gasteiger partial charge in [-0.25, -0.2) is 9.98 Å². The van der Waals surface area contributed by atoms with Crippen LogP contribution in [0.15, 0.2) is 41.9 Å². The van der Waals surface area contributed by atoms with E-state index in [1.165, 1.54) is 0 Å². The molecule has 0 aliphatic heterocycles. The van der Waals surface area contributed by atoms with Gasteiger partial charge in [0.05, 0.1) is 10.7 Å². The molecule has 0 amide bonds. The molecule has 0 fully saturated rings. The molecule has 1 aromatic carbocycles. The van der Waals surface area contributed by atoms with Gasteiger partial charge in [-0.15, -0.1) is 0 Å². The Labute approximate surface area is 177 Å². The summed E-state index contributed by atoms with van der Waals surface area (Å²) in [5, 5.41) is 1.08. The van der Waals surface area contributed by atoms with Crippen LogP contribution in [0.2, 0.25) is 10.0 Å². The fourth-order valence-corrected chi connectivity index (χ4v) is 2.27. The summed E-state index contributed by atoms with van der Waals surface area (Å²) in [5.74, 6) is 0.727. The molecule has 0 saturated heterocycles. The van der Waals surface area contributed by atoms with Crippen molar-refractivity contribution in [1.29, 1.82) is 0 Å². The van der Waals surface area contributed by atoms with Crippen LogP contribution in [0.5, 0.6) is 0 Å². The molecule has 2 rings (SSSR count). The van der Waals surface area contributed by atoms with E-state index in [0.717, 1.165) is 12.3 Å². The molecule has 24 heavy (non-hydrogen) atoms. The predicted molar refractivity (Wildman–Crippen MR) is 86.9 cm³/mol. The van der Waals surface area contributed by atoms with E-state index in [4.69, 9.17) is 27.9 Å². The van der Waals surface area contributed by atoms with Crippen molar-refractivity contribution in [3.8, 4) is 0 Å². The molecule has 0 bridgehead atoms. The third-order valence-corrected chi connectivity index (χ3v) is 3.39. The summed E-state index contributed by atoms with van der Waals surface area (Å²) in [6.07, 6.45) is 5.99. The summed E-state index contributed by atoms with van der Waals surface area (Å²) in [5.41, 5.74) is 0.650. The normalized spacial score (nSPS) is 11.8. The Morgan fingerprint density at radius 1 is 1.33 bits per heavy atom. The molecule has 0 N–H and O–H groups in total. The van der Waals surface area contributed by atoms with Gasteiger partial charge in [0.1, 0.15) is 18.3 Å². The van der Waals surface area contributed by atoms with Crippen molar-refractivity contribution in [2.24, 2.45) is 4.99 Å². The molecule has 128 valence electrons. The number of rotatable bonds is 5. The summed E-state index contributed by atoms with van der Waals surface area (Å²) >= 11 is 12.1. The topological polar surface area (TPSA) is 39.4 Å². The van der Waals surface area contributed by atoms with Gasteiger partial charge in [-0.05, 0) is 31.5 Å². The van der Waals surface area contributed by atoms with Crippen molar-refractivity contribution in [2.75, 3.05) is 6.61 Å². The van der Waals surface area contributed by atoms with Crippen LogP contribution in [0.4, 0.5) is 5.69 Å². The van der Waals surface area contributed by atoms with E-state index in [2.05, 4.69) is 16.9 Å². The van der Waals surface area contributed by atoms with Crippen LogP contribution in [-0.2, 0) is 24.2 Å². The number of hydrogen-bond acceptors (Lipinski definition) is 3. The van der Waals surface area contributed by atoms with E-state index in [0.29, 0.717) is 22.3 Å². The Hall–Kier alpha value is -0.157. The molecule has 1 atom stereocenters. The first kappa shape index (κ1) is 26.1. The first-order valence-electron chi connectivity index (χ1n) is 6.75. The molecule has 0 spiro atoms. The molecular formula is C15H17Cl4N3OZn. The zero-order chi connectivity index (χ0) is 15.2. The van der Waals surface area contributed by atoms with Crippen LogP contribution in [0.3, 0.4) is 0 Å². The van der Waals surface area contributed by atoms with Gasteiger partial charge in [0.15, 0.2) is 0 Å². The van der Waals surface area contributed by atoms with Gasteiger partial charge < -0.3 is 29.6 Å². The van der Waals surface area contributed by atoms with Crippen molar-refractivity contribution < 1.29 is 49.0 Å². The van der Waals surface area contributed by atoms with Gasteiger partial charge in [0, 0.05) is 24.0 Å². The minimum absolute atomic E-state index is 0. The van der Waals surface area contributed by atoms with E-state index in [1.807, 2.05) is 17.7 Å². The molecular weight excluding hydrogens is 445 g/mol. The molecule has 0 aliphatic carbocycles. The largest absolute Gasteiger partial charge is 2.00 e. The number of imidazole rings is 1. The molecule has 1 aromatic heterocycles. The van der Waals surface area contributed by atoms with Crippen molar-refractivity contribution in [1.82, 2.24) is 9.55 Å². The maximum atomic E-state index is 6.19. The van der Waals surface area contributed by atoms with Crippen molar-refractivity contribution in [3.05, 3.63) is 47.0 Å². The number of hydrogen-bond donors (Lipinski definition) is 0. The minimum Gasteiger partial charge on any atom is -1.00 e. The summed E-state index contributed by atoms with van der Waals surface area (Å²) in [7, 11) is 0. The monoisotopic (exact) mass is 459 g/mol. The first-order chi connectivity index (χ1) is 10.1. The van der Waals surface area contributed by atoms with Crippen LogP contribution < -0.4 is 24.8 Å². The maximum Gasteiger partial charge on any atom is 2.00 e. The van der Waals surface area contributed by atoms with Crippen LogP contribution in [-0.4, -0.2) is 28.1 Å². The average Bonchev–Trinajstić information content (AvgIpc) is 2.98. The second-order valence-corrected chi connectivity index (χ2v) is 5.39. The smallest absolute Gasteiger partial charge is 1.00 e. The third kappa shape index (κ3) is 7.39. The second kappa shape index (κ2) is 13.1. The predicted octanol–water partition coefficient (Wildman–Crippen LogP) is -1.41. The van der Waals surface area contributed by atoms with Crippen molar-refractivity contribution in [2.45, 2.75) is 26.4 Å². The van der Waals surface area contributed by atoms with Crippen LogP contribution >= 0.6 is 23.2 Å². The quantitative estimate of drug-likeness (QED) is 0.311. The summed E-state index contributed by atoms with van der Waals surface area (Å²) in [4.78, 5) is 8.67. The van der Waals surface area contributed by atoms with Gasteiger partial charge in [-0.3, -0.25) is 4.57 Å². The number of aromatic nitrogens is 2. The average molecular weight is 463 g/mol. The third-order valence-electron chi connectivity index (χ3n) is 2.85. The number of benzene rings is 1. The van der Waals surface area contributed by atoms with E-state index in [1.54, 1.807) is 30.7 Å². The summed E-state index contributed by atoms with van der Waals surface area (Å²) in [6.45, 7) is 4.69. The molecule has 2 aromatic rings. The van der Waals surface area contributed by atoms with Crippen molar-refractivity contribution in [3.63, 3.8) is 0 Å². The molecule has 0 radical (unpaired) electrons. The summed E-state index contributed by atoms with van der Waals surface area (Å²) in [6, 6.07) is 5.22. The van der Waals surface area contributed by atoms with Crippen LogP contribution in [0.25, 0.3) is 0 Å². The van der Waals surface area contributed by atoms with Crippen LogP contribution in [0.1, 0.15) is 20.3 Å². The Bertz CT molecular complexity index is 623. The number of aliphatic imine (C=N–C) groups is 1. The SMILES string of the molecule is CCCOC(C)C(=Nc1ccc(Cl)cc1Cl)n1ccnc1.[Cl-].[Cl-].[Zn+2]. The Kier molecular flexibility index (Phi) is 14.2. The number of halogens is 4. The Balaban J connectivity index is 0. The van der Waals surface area contributed by atoms with E-state index < -0.39 is 0 Å². The second-order valence-electron chi connectivity index (χ2n) is 4.55. The van der Waals surface area contributed by atoms with Crippen molar-refractivity contribution >= 4 is 34.7 Å². The summed E-state index contributed by atoms with van der Waals surface area (Å²) < 4.78 is 7.59. The zero-order valence-electron chi connectivity index (χ0n) is 13.4. The molecule has 0 aliphatic rings. The number of ether oxygens (including phenoxy) is 1. The number of nitrogens with zero attached hydrogens (tertiary/aromatic N) is 3. The van der Waals surface area contributed by atoms with Gasteiger partial charge in [0.2, 0.25) is 0 Å². The zero-order valence-corrected chi connectivity index (χ0v) is 19.4. The van der Waals surface area contributed by atoms with Gasteiger partial charge >= 0.3 is 19.5 Å². The standard InChI is InChI=1S/C15H17Cl2N3O.2ClH.Zn/c1-3-8-21-11(2)15(20-7-6-18-10-20)19-14-5-4-12(16)9-13(14)17;;;/h4-7,9-11H,3,8H2,1-2H3;2*1H;/q;;;+2/p-2. The van der Waals surface area contributed by atoms with E-state index >= 15 is 0 Å². The van der Waals surface area contributed by atoms with E-state index in [-0.39, 0.29) is 50.4 Å². The fourth-order valence-electron chi connectivity index (χ4n) is 1.82. The Morgan fingerprint density at radius 3 is 2.58 bits per heavy atom. The molecule has 4 nitrogen and oxygen atoms in total. The first-order valence-corrected chi connectivity index (χ1v) is 7.51. The van der Waals surface area contributed by atoms with Gasteiger partial charge in [-0.2, -0.15) is 0 Å². The van der Waals surface area contributed by atoms with Gasteiger partial charge in [-0.1, -0.05) is 30.1 Å².